The van der Waals surface area contributed by atoms with E-state index in [9.17, 15) is 4.79 Å². The number of aromatic nitrogens is 1. The van der Waals surface area contributed by atoms with Crippen molar-refractivity contribution < 1.29 is 19.5 Å². The van der Waals surface area contributed by atoms with Crippen molar-refractivity contribution in [1.29, 1.82) is 0 Å². The number of amidine groups is 1. The van der Waals surface area contributed by atoms with Crippen LogP contribution in [-0.4, -0.2) is 67.4 Å². The van der Waals surface area contributed by atoms with Gasteiger partial charge in [-0.2, -0.15) is 0 Å². The maximum absolute atomic E-state index is 12.3. The number of carbonyl (C=O) groups is 1. The van der Waals surface area contributed by atoms with Crippen LogP contribution in [0.3, 0.4) is 0 Å². The second-order valence-corrected chi connectivity index (χ2v) is 4.20. The summed E-state index contributed by atoms with van der Waals surface area (Å²) in [6.07, 6.45) is 1.38. The van der Waals surface area contributed by atoms with Crippen LogP contribution >= 0.6 is 0 Å². The number of oxime groups is 1. The van der Waals surface area contributed by atoms with Crippen molar-refractivity contribution in [3.8, 4) is 0 Å². The van der Waals surface area contributed by atoms with Gasteiger partial charge in [-0.3, -0.25) is 9.78 Å². The second kappa shape index (κ2) is 8.88. The van der Waals surface area contributed by atoms with E-state index < -0.39 is 0 Å². The Hall–Kier alpha value is -2.19. The fourth-order valence-corrected chi connectivity index (χ4v) is 1.61. The summed E-state index contributed by atoms with van der Waals surface area (Å²) in [5.74, 6) is -0.285. The van der Waals surface area contributed by atoms with E-state index in [1.54, 1.807) is 25.2 Å². The summed E-state index contributed by atoms with van der Waals surface area (Å²) < 4.78 is 9.98. The molecule has 0 aliphatic heterocycles. The molecule has 0 saturated heterocycles. The molecule has 0 unspecified atom stereocenters. The molecule has 116 valence electrons. The molecule has 0 spiro atoms. The van der Waals surface area contributed by atoms with Crippen molar-refractivity contribution in [2.75, 3.05) is 40.5 Å². The molecule has 0 aliphatic rings. The van der Waals surface area contributed by atoms with Gasteiger partial charge in [0.2, 0.25) is 0 Å². The van der Waals surface area contributed by atoms with E-state index in [-0.39, 0.29) is 17.4 Å². The van der Waals surface area contributed by atoms with Gasteiger partial charge in [-0.1, -0.05) is 5.16 Å². The predicted octanol–water partition coefficient (Wildman–Crippen LogP) is -0.0889. The molecular formula is C13H20N4O4. The molecule has 3 N–H and O–H groups in total. The highest BCUT2D eigenvalue weighted by molar-refractivity contribution is 5.98. The molecule has 0 aliphatic carbocycles. The van der Waals surface area contributed by atoms with E-state index in [4.69, 9.17) is 20.4 Å². The first-order chi connectivity index (χ1) is 10.1. The SMILES string of the molecule is COCCN(CCOC)C(=O)c1ccc(C(N)=NO)cn1. The average Bonchev–Trinajstić information content (AvgIpc) is 2.54. The summed E-state index contributed by atoms with van der Waals surface area (Å²) in [4.78, 5) is 18.0. The third-order valence-electron chi connectivity index (χ3n) is 2.80. The first-order valence-corrected chi connectivity index (χ1v) is 6.35. The quantitative estimate of drug-likeness (QED) is 0.300. The Morgan fingerprint density at radius 1 is 1.33 bits per heavy atom. The number of pyridine rings is 1. The van der Waals surface area contributed by atoms with E-state index in [1.807, 2.05) is 0 Å². The summed E-state index contributed by atoms with van der Waals surface area (Å²) in [6, 6.07) is 3.10. The van der Waals surface area contributed by atoms with Gasteiger partial charge in [-0.15, -0.1) is 0 Å². The fourth-order valence-electron chi connectivity index (χ4n) is 1.61. The smallest absolute Gasteiger partial charge is 0.272 e. The third kappa shape index (κ3) is 5.01. The summed E-state index contributed by atoms with van der Waals surface area (Å²) in [5.41, 5.74) is 6.16. The molecule has 1 amide bonds. The van der Waals surface area contributed by atoms with Crippen LogP contribution in [0.1, 0.15) is 16.1 Å². The molecule has 8 heteroatoms. The number of hydrogen-bond donors (Lipinski definition) is 2. The van der Waals surface area contributed by atoms with Gasteiger partial charge in [-0.05, 0) is 12.1 Å². The molecular weight excluding hydrogens is 276 g/mol. The molecule has 0 fully saturated rings. The minimum atomic E-state index is -0.227. The zero-order chi connectivity index (χ0) is 15.7. The van der Waals surface area contributed by atoms with E-state index >= 15 is 0 Å². The maximum atomic E-state index is 12.3. The zero-order valence-electron chi connectivity index (χ0n) is 12.2. The average molecular weight is 296 g/mol. The van der Waals surface area contributed by atoms with Crippen LogP contribution in [-0.2, 0) is 9.47 Å². The van der Waals surface area contributed by atoms with Crippen LogP contribution in [0, 0.1) is 0 Å². The molecule has 1 heterocycles. The molecule has 8 nitrogen and oxygen atoms in total. The third-order valence-corrected chi connectivity index (χ3v) is 2.80. The van der Waals surface area contributed by atoms with Crippen LogP contribution < -0.4 is 5.73 Å². The first kappa shape index (κ1) is 16.9. The molecule has 21 heavy (non-hydrogen) atoms. The monoisotopic (exact) mass is 296 g/mol. The Morgan fingerprint density at radius 2 is 1.95 bits per heavy atom. The lowest BCUT2D eigenvalue weighted by Crippen LogP contribution is -2.37. The van der Waals surface area contributed by atoms with Gasteiger partial charge >= 0.3 is 0 Å². The fraction of sp³-hybridized carbons (Fsp3) is 0.462. The van der Waals surface area contributed by atoms with E-state index in [2.05, 4.69) is 10.1 Å². The van der Waals surface area contributed by atoms with Gasteiger partial charge < -0.3 is 25.3 Å². The molecule has 0 radical (unpaired) electrons. The van der Waals surface area contributed by atoms with Crippen LogP contribution in [0.25, 0.3) is 0 Å². The lowest BCUT2D eigenvalue weighted by Gasteiger charge is -2.21. The van der Waals surface area contributed by atoms with Crippen molar-refractivity contribution in [1.82, 2.24) is 9.88 Å². The Kier molecular flexibility index (Phi) is 7.13. The Balaban J connectivity index is 2.82. The number of carbonyl (C=O) groups excluding carboxylic acids is 1. The zero-order valence-corrected chi connectivity index (χ0v) is 12.2. The van der Waals surface area contributed by atoms with Gasteiger partial charge in [0.25, 0.3) is 5.91 Å². The summed E-state index contributed by atoms with van der Waals surface area (Å²) in [6.45, 7) is 1.75. The first-order valence-electron chi connectivity index (χ1n) is 6.35. The van der Waals surface area contributed by atoms with Crippen LogP contribution in [0.4, 0.5) is 0 Å². The standard InChI is InChI=1S/C13H20N4O4/c1-20-7-5-17(6-8-21-2)13(18)11-4-3-10(9-15-11)12(14)16-19/h3-4,9,19H,5-8H2,1-2H3,(H2,14,16). The van der Waals surface area contributed by atoms with Crippen molar-refractivity contribution in [2.24, 2.45) is 10.9 Å². The highest BCUT2D eigenvalue weighted by Gasteiger charge is 2.16. The van der Waals surface area contributed by atoms with Crippen molar-refractivity contribution >= 4 is 11.7 Å². The number of nitrogens with two attached hydrogens (primary N) is 1. The Labute approximate surface area is 123 Å². The minimum Gasteiger partial charge on any atom is -0.409 e. The highest BCUT2D eigenvalue weighted by atomic mass is 16.5. The number of rotatable bonds is 8. The lowest BCUT2D eigenvalue weighted by molar-refractivity contribution is 0.0622. The van der Waals surface area contributed by atoms with Crippen molar-refractivity contribution in [3.05, 3.63) is 29.6 Å². The molecule has 0 bridgehead atoms. The number of amides is 1. The van der Waals surface area contributed by atoms with Crippen molar-refractivity contribution in [2.45, 2.75) is 0 Å². The van der Waals surface area contributed by atoms with Gasteiger partial charge in [0.1, 0.15) is 5.69 Å². The highest BCUT2D eigenvalue weighted by Crippen LogP contribution is 2.05. The van der Waals surface area contributed by atoms with Crippen LogP contribution in [0.2, 0.25) is 0 Å². The van der Waals surface area contributed by atoms with Crippen LogP contribution in [0.5, 0.6) is 0 Å². The molecule has 0 saturated carbocycles. The summed E-state index contributed by atoms with van der Waals surface area (Å²) >= 11 is 0. The van der Waals surface area contributed by atoms with Crippen molar-refractivity contribution in [3.63, 3.8) is 0 Å². The molecule has 1 rings (SSSR count). The van der Waals surface area contributed by atoms with Crippen LogP contribution in [0.15, 0.2) is 23.5 Å². The van der Waals surface area contributed by atoms with Gasteiger partial charge in [0, 0.05) is 39.1 Å². The number of nitrogens with zero attached hydrogens (tertiary/aromatic N) is 3. The van der Waals surface area contributed by atoms with Gasteiger partial charge in [-0.25, -0.2) is 0 Å². The van der Waals surface area contributed by atoms with Gasteiger partial charge in [0.15, 0.2) is 5.84 Å². The minimum absolute atomic E-state index is 0.0582. The Morgan fingerprint density at radius 3 is 2.38 bits per heavy atom. The largest absolute Gasteiger partial charge is 0.409 e. The number of methoxy groups -OCH3 is 2. The second-order valence-electron chi connectivity index (χ2n) is 4.20. The van der Waals surface area contributed by atoms with Gasteiger partial charge in [0.05, 0.1) is 13.2 Å². The lowest BCUT2D eigenvalue weighted by atomic mass is 10.2. The normalized spacial score (nSPS) is 11.4. The summed E-state index contributed by atoms with van der Waals surface area (Å²) in [5, 5.41) is 11.5. The van der Waals surface area contributed by atoms with E-state index in [0.717, 1.165) is 0 Å². The predicted molar refractivity (Wildman–Crippen MR) is 76.4 cm³/mol. The maximum Gasteiger partial charge on any atom is 0.272 e. The van der Waals surface area contributed by atoms with E-state index in [0.29, 0.717) is 31.9 Å². The topological polar surface area (TPSA) is 110 Å². The van der Waals surface area contributed by atoms with E-state index in [1.165, 1.54) is 12.3 Å². The number of hydrogen-bond acceptors (Lipinski definition) is 6. The molecule has 0 aromatic carbocycles. The molecule has 1 aromatic heterocycles. The molecule has 0 atom stereocenters. The molecule has 1 aromatic rings. The Bertz CT molecular complexity index is 468. The summed E-state index contributed by atoms with van der Waals surface area (Å²) in [7, 11) is 3.14. The number of ether oxygens (including phenoxy) is 2.